The molecule has 202 valence electrons. The molecule has 1 aliphatic carbocycles. The van der Waals surface area contributed by atoms with Crippen molar-refractivity contribution in [3.63, 3.8) is 0 Å². The standard InChI is InChI=1S/C31H34BrN5O2/c1-4-36(5-2)30(38)19-13-22-21-10-8-12-26-28(21)23(15-27(22)35(3)17-19)29(32)37(26)31(39)24(33)14-18-16-34-25-11-7-6-9-20(18)25/h6-13,16,19,24,27,34H,4-5,14-15,17,33H2,1-3H3/t19-,24+,27-/m1/s1. The van der Waals surface area contributed by atoms with Crippen molar-refractivity contribution in [2.45, 2.75) is 38.8 Å². The summed E-state index contributed by atoms with van der Waals surface area (Å²) in [7, 11) is 2.10. The molecule has 8 heteroatoms. The maximum Gasteiger partial charge on any atom is 0.249 e. The Morgan fingerprint density at radius 1 is 1.15 bits per heavy atom. The molecular formula is C31H34BrN5O2. The number of rotatable bonds is 6. The molecule has 0 saturated carbocycles. The van der Waals surface area contributed by atoms with Gasteiger partial charge in [-0.2, -0.15) is 0 Å². The lowest BCUT2D eigenvalue weighted by Crippen LogP contribution is -2.47. The number of H-pyrrole nitrogens is 1. The van der Waals surface area contributed by atoms with Gasteiger partial charge in [0.2, 0.25) is 11.8 Å². The monoisotopic (exact) mass is 587 g/mol. The van der Waals surface area contributed by atoms with Crippen molar-refractivity contribution in [3.8, 4) is 0 Å². The smallest absolute Gasteiger partial charge is 0.249 e. The Labute approximate surface area is 236 Å². The van der Waals surface area contributed by atoms with Crippen molar-refractivity contribution in [3.05, 3.63) is 76.0 Å². The zero-order valence-electron chi connectivity index (χ0n) is 22.6. The molecule has 7 nitrogen and oxygen atoms in total. The number of hydrogen-bond acceptors (Lipinski definition) is 4. The van der Waals surface area contributed by atoms with Crippen LogP contribution in [0.3, 0.4) is 0 Å². The van der Waals surface area contributed by atoms with Crippen LogP contribution in [0.4, 0.5) is 0 Å². The molecule has 0 radical (unpaired) electrons. The van der Waals surface area contributed by atoms with Crippen LogP contribution in [0.2, 0.25) is 0 Å². The summed E-state index contributed by atoms with van der Waals surface area (Å²) in [5.41, 5.74) is 12.9. The van der Waals surface area contributed by atoms with Gasteiger partial charge in [-0.25, -0.2) is 0 Å². The van der Waals surface area contributed by atoms with Crippen molar-refractivity contribution in [1.29, 1.82) is 0 Å². The first-order chi connectivity index (χ1) is 18.8. The Hall–Kier alpha value is -3.20. The van der Waals surface area contributed by atoms with Gasteiger partial charge in [0.25, 0.3) is 0 Å². The van der Waals surface area contributed by atoms with Crippen LogP contribution in [-0.4, -0.2) is 69.9 Å². The average molecular weight is 589 g/mol. The maximum absolute atomic E-state index is 13.9. The number of likely N-dealkylation sites (N-methyl/N-ethyl adjacent to an activating group) is 1. The van der Waals surface area contributed by atoms with Gasteiger partial charge >= 0.3 is 0 Å². The van der Waals surface area contributed by atoms with E-state index >= 15 is 0 Å². The van der Waals surface area contributed by atoms with E-state index in [1.165, 1.54) is 5.57 Å². The first-order valence-electron chi connectivity index (χ1n) is 13.7. The Bertz CT molecular complexity index is 1630. The molecule has 0 unspecified atom stereocenters. The molecule has 3 N–H and O–H groups in total. The normalized spacial score (nSPS) is 19.7. The number of aromatic amines is 1. The fourth-order valence-electron chi connectivity index (χ4n) is 6.52. The molecule has 2 aromatic heterocycles. The van der Waals surface area contributed by atoms with Crippen molar-refractivity contribution in [2.24, 2.45) is 11.7 Å². The zero-order chi connectivity index (χ0) is 27.4. The van der Waals surface area contributed by atoms with Crippen LogP contribution in [0.15, 0.2) is 59.3 Å². The highest BCUT2D eigenvalue weighted by atomic mass is 79.9. The predicted octanol–water partition coefficient (Wildman–Crippen LogP) is 4.83. The number of nitrogens with one attached hydrogen (secondary N) is 1. The van der Waals surface area contributed by atoms with Crippen LogP contribution >= 0.6 is 15.9 Å². The topological polar surface area (TPSA) is 87.4 Å². The lowest BCUT2D eigenvalue weighted by Gasteiger charge is -2.40. The summed E-state index contributed by atoms with van der Waals surface area (Å²) in [5, 5.41) is 2.16. The number of nitrogens with two attached hydrogens (primary N) is 1. The van der Waals surface area contributed by atoms with Crippen molar-refractivity contribution >= 4 is 55.1 Å². The summed E-state index contributed by atoms with van der Waals surface area (Å²) in [4.78, 5) is 34.6. The van der Waals surface area contributed by atoms with E-state index in [2.05, 4.69) is 51.1 Å². The molecule has 6 rings (SSSR count). The van der Waals surface area contributed by atoms with Gasteiger partial charge in [0.1, 0.15) is 0 Å². The molecule has 1 aliphatic heterocycles. The maximum atomic E-state index is 13.9. The van der Waals surface area contributed by atoms with Crippen LogP contribution in [0, 0.1) is 5.92 Å². The van der Waals surface area contributed by atoms with E-state index in [9.17, 15) is 9.59 Å². The van der Waals surface area contributed by atoms with Crippen molar-refractivity contribution < 1.29 is 9.59 Å². The van der Waals surface area contributed by atoms with E-state index in [0.29, 0.717) is 26.1 Å². The van der Waals surface area contributed by atoms with E-state index < -0.39 is 6.04 Å². The number of hydrogen-bond donors (Lipinski definition) is 2. The van der Waals surface area contributed by atoms with Crippen molar-refractivity contribution in [1.82, 2.24) is 19.4 Å². The highest BCUT2D eigenvalue weighted by Crippen LogP contribution is 2.45. The molecule has 0 bridgehead atoms. The molecule has 39 heavy (non-hydrogen) atoms. The molecule has 0 saturated heterocycles. The predicted molar refractivity (Wildman–Crippen MR) is 160 cm³/mol. The third-order valence-electron chi connectivity index (χ3n) is 8.54. The van der Waals surface area contributed by atoms with E-state index in [1.807, 2.05) is 55.3 Å². The first kappa shape index (κ1) is 26.0. The number of aromatic nitrogens is 2. The number of carbonyl (C=O) groups is 2. The van der Waals surface area contributed by atoms with E-state index in [0.717, 1.165) is 49.5 Å². The van der Waals surface area contributed by atoms with Gasteiger partial charge in [-0.3, -0.25) is 19.1 Å². The Morgan fingerprint density at radius 3 is 2.69 bits per heavy atom. The van der Waals surface area contributed by atoms with Crippen LogP contribution in [0.1, 0.15) is 35.3 Å². The van der Waals surface area contributed by atoms with Gasteiger partial charge in [-0.1, -0.05) is 36.4 Å². The Morgan fingerprint density at radius 2 is 1.92 bits per heavy atom. The molecule has 0 spiro atoms. The minimum absolute atomic E-state index is 0.137. The minimum Gasteiger partial charge on any atom is -0.361 e. The number of amides is 1. The van der Waals surface area contributed by atoms with E-state index in [-0.39, 0.29) is 23.8 Å². The third kappa shape index (κ3) is 4.17. The molecule has 3 heterocycles. The summed E-state index contributed by atoms with van der Waals surface area (Å²) in [6.45, 7) is 6.15. The highest BCUT2D eigenvalue weighted by molar-refractivity contribution is 9.10. The number of nitrogens with zero attached hydrogens (tertiary/aromatic N) is 3. The lowest BCUT2D eigenvalue weighted by molar-refractivity contribution is -0.134. The minimum atomic E-state index is -0.700. The Kier molecular flexibility index (Phi) is 6.73. The van der Waals surface area contributed by atoms with E-state index in [1.54, 1.807) is 4.57 Å². The largest absolute Gasteiger partial charge is 0.361 e. The van der Waals surface area contributed by atoms with Gasteiger partial charge in [-0.15, -0.1) is 0 Å². The quantitative estimate of drug-likeness (QED) is 0.338. The van der Waals surface area contributed by atoms with E-state index in [4.69, 9.17) is 5.73 Å². The fourth-order valence-corrected chi connectivity index (χ4v) is 7.25. The summed E-state index contributed by atoms with van der Waals surface area (Å²) >= 11 is 3.80. The van der Waals surface area contributed by atoms with Gasteiger partial charge in [-0.05, 0) is 84.1 Å². The molecule has 2 aliphatic rings. The number of benzene rings is 2. The summed E-state index contributed by atoms with van der Waals surface area (Å²) in [5.74, 6) is -0.148. The number of fused-ring (bicyclic) bond motifs is 3. The van der Waals surface area contributed by atoms with Crippen molar-refractivity contribution in [2.75, 3.05) is 26.7 Å². The molecular weight excluding hydrogens is 554 g/mol. The Balaban J connectivity index is 1.39. The van der Waals surface area contributed by atoms with Crippen LogP contribution in [0.25, 0.3) is 27.4 Å². The molecule has 0 fully saturated rings. The lowest BCUT2D eigenvalue weighted by atomic mass is 9.79. The highest BCUT2D eigenvalue weighted by Gasteiger charge is 2.38. The van der Waals surface area contributed by atoms with Gasteiger partial charge in [0.05, 0.1) is 22.1 Å². The average Bonchev–Trinajstić information content (AvgIpc) is 3.48. The summed E-state index contributed by atoms with van der Waals surface area (Å²) in [6, 6.07) is 13.6. The fraction of sp³-hybridized carbons (Fsp3) is 0.355. The first-order valence-corrected chi connectivity index (χ1v) is 14.5. The molecule has 3 atom stereocenters. The summed E-state index contributed by atoms with van der Waals surface area (Å²) in [6.07, 6.45) is 5.33. The molecule has 2 aromatic carbocycles. The van der Waals surface area contributed by atoms with Gasteiger partial charge in [0.15, 0.2) is 0 Å². The number of carbonyl (C=O) groups excluding carboxylic acids is 2. The molecule has 4 aromatic rings. The van der Waals surface area contributed by atoms with Gasteiger partial charge in [0, 0.05) is 48.2 Å². The second-order valence-corrected chi connectivity index (χ2v) is 11.5. The SMILES string of the molecule is CCN(CC)C(=O)[C@@H]1C=C2c3cccc4c3c(c(Br)n4C(=O)[C@@H](N)Cc3c[nH]c4ccccc34)C[C@H]2N(C)C1. The van der Waals surface area contributed by atoms with Gasteiger partial charge < -0.3 is 15.6 Å². The number of halogens is 1. The van der Waals surface area contributed by atoms with Crippen LogP contribution in [-0.2, 0) is 17.6 Å². The second kappa shape index (κ2) is 10.1. The van der Waals surface area contributed by atoms with Crippen LogP contribution < -0.4 is 5.73 Å². The third-order valence-corrected chi connectivity index (χ3v) is 9.37. The summed E-state index contributed by atoms with van der Waals surface area (Å²) < 4.78 is 2.53. The molecule has 1 amide bonds. The number of para-hydroxylation sites is 1. The second-order valence-electron chi connectivity index (χ2n) is 10.7. The zero-order valence-corrected chi connectivity index (χ0v) is 24.2. The van der Waals surface area contributed by atoms with Crippen LogP contribution in [0.5, 0.6) is 0 Å².